The Labute approximate surface area is 176 Å². The molecule has 0 saturated carbocycles. The Kier molecular flexibility index (Phi) is 6.83. The highest BCUT2D eigenvalue weighted by Crippen LogP contribution is 2.17. The van der Waals surface area contributed by atoms with Crippen LogP contribution in [0.5, 0.6) is 0 Å². The molecule has 2 N–H and O–H groups in total. The molecule has 0 atom stereocenters. The van der Waals surface area contributed by atoms with Crippen LogP contribution >= 0.6 is 0 Å². The van der Waals surface area contributed by atoms with Gasteiger partial charge >= 0.3 is 0 Å². The van der Waals surface area contributed by atoms with Crippen molar-refractivity contribution in [2.45, 2.75) is 26.2 Å². The van der Waals surface area contributed by atoms with Crippen molar-refractivity contribution in [3.05, 3.63) is 60.2 Å². The molecule has 9 heteroatoms. The van der Waals surface area contributed by atoms with Crippen LogP contribution in [-0.4, -0.2) is 43.3 Å². The van der Waals surface area contributed by atoms with Crippen molar-refractivity contribution >= 4 is 38.9 Å². The summed E-state index contributed by atoms with van der Waals surface area (Å²) in [6.07, 6.45) is 0.789. The van der Waals surface area contributed by atoms with Crippen molar-refractivity contribution < 1.29 is 18.0 Å². The molecule has 0 aliphatic carbocycles. The lowest BCUT2D eigenvalue weighted by atomic mass is 10.1. The fourth-order valence-corrected chi connectivity index (χ4v) is 3.56. The molecule has 2 amide bonds. The van der Waals surface area contributed by atoms with Gasteiger partial charge in [-0.1, -0.05) is 30.3 Å². The number of benzene rings is 2. The minimum atomic E-state index is -3.35. The van der Waals surface area contributed by atoms with Crippen molar-refractivity contribution in [1.82, 2.24) is 5.01 Å². The van der Waals surface area contributed by atoms with Gasteiger partial charge in [-0.25, -0.2) is 13.4 Å². The SMILES string of the molecule is CCS(=O)(=O)Nc1ccc(NC(=O)CCC(=O)N2CCC(c3ccccc3)=N2)cc1. The summed E-state index contributed by atoms with van der Waals surface area (Å²) in [5.74, 6) is -0.509. The van der Waals surface area contributed by atoms with Gasteiger partial charge in [0.15, 0.2) is 0 Å². The van der Waals surface area contributed by atoms with Gasteiger partial charge in [-0.3, -0.25) is 14.3 Å². The fourth-order valence-electron chi connectivity index (χ4n) is 2.92. The van der Waals surface area contributed by atoms with E-state index < -0.39 is 10.0 Å². The second-order valence-corrected chi connectivity index (χ2v) is 8.82. The summed E-state index contributed by atoms with van der Waals surface area (Å²) in [5, 5.41) is 8.50. The normalized spacial score (nSPS) is 13.6. The minimum absolute atomic E-state index is 0.0204. The van der Waals surface area contributed by atoms with E-state index in [2.05, 4.69) is 15.1 Å². The van der Waals surface area contributed by atoms with Crippen LogP contribution < -0.4 is 10.0 Å². The summed E-state index contributed by atoms with van der Waals surface area (Å²) in [5.41, 5.74) is 2.81. The average Bonchev–Trinajstić information content (AvgIpc) is 3.24. The highest BCUT2D eigenvalue weighted by Gasteiger charge is 2.21. The van der Waals surface area contributed by atoms with Crippen LogP contribution in [0.4, 0.5) is 11.4 Å². The topological polar surface area (TPSA) is 108 Å². The van der Waals surface area contributed by atoms with E-state index in [1.165, 1.54) is 5.01 Å². The standard InChI is InChI=1S/C21H24N4O4S/c1-2-30(28,29)24-18-10-8-17(9-11-18)22-20(26)12-13-21(27)25-15-14-19(23-25)16-6-4-3-5-7-16/h3-11,24H,2,12-15H2,1H3,(H,22,26). The van der Waals surface area contributed by atoms with Gasteiger partial charge in [-0.15, -0.1) is 0 Å². The van der Waals surface area contributed by atoms with Crippen LogP contribution in [0.2, 0.25) is 0 Å². The zero-order valence-electron chi connectivity index (χ0n) is 16.7. The summed E-state index contributed by atoms with van der Waals surface area (Å²) in [7, 11) is -3.35. The van der Waals surface area contributed by atoms with Crippen molar-refractivity contribution in [2.75, 3.05) is 22.3 Å². The van der Waals surface area contributed by atoms with E-state index in [0.29, 0.717) is 24.3 Å². The number of hydrogen-bond donors (Lipinski definition) is 2. The van der Waals surface area contributed by atoms with Crippen molar-refractivity contribution in [2.24, 2.45) is 5.10 Å². The predicted octanol–water partition coefficient (Wildman–Crippen LogP) is 2.80. The number of amides is 2. The first-order valence-corrected chi connectivity index (χ1v) is 11.3. The zero-order chi connectivity index (χ0) is 21.6. The highest BCUT2D eigenvalue weighted by molar-refractivity contribution is 7.92. The summed E-state index contributed by atoms with van der Waals surface area (Å²) < 4.78 is 25.6. The lowest BCUT2D eigenvalue weighted by Gasteiger charge is -2.11. The van der Waals surface area contributed by atoms with Gasteiger partial charge in [0, 0.05) is 30.6 Å². The first kappa shape index (κ1) is 21.5. The molecule has 0 spiro atoms. The molecule has 1 aliphatic rings. The summed E-state index contributed by atoms with van der Waals surface area (Å²) in [6.45, 7) is 2.06. The summed E-state index contributed by atoms with van der Waals surface area (Å²) in [6, 6.07) is 16.0. The molecule has 0 fully saturated rings. The van der Waals surface area contributed by atoms with Crippen molar-refractivity contribution in [3.63, 3.8) is 0 Å². The van der Waals surface area contributed by atoms with Gasteiger partial charge in [0.05, 0.1) is 18.0 Å². The number of hydrazone groups is 1. The molecule has 2 aromatic rings. The number of carbonyl (C=O) groups excluding carboxylic acids is 2. The third-order valence-corrected chi connectivity index (χ3v) is 5.89. The van der Waals surface area contributed by atoms with Gasteiger partial charge in [0.25, 0.3) is 0 Å². The molecule has 8 nitrogen and oxygen atoms in total. The largest absolute Gasteiger partial charge is 0.326 e. The molecule has 0 unspecified atom stereocenters. The Hall–Kier alpha value is -3.20. The van der Waals surface area contributed by atoms with E-state index >= 15 is 0 Å². The Morgan fingerprint density at radius 2 is 1.67 bits per heavy atom. The maximum absolute atomic E-state index is 12.4. The lowest BCUT2D eigenvalue weighted by Crippen LogP contribution is -2.25. The number of nitrogens with zero attached hydrogens (tertiary/aromatic N) is 2. The van der Waals surface area contributed by atoms with Crippen LogP contribution in [0, 0.1) is 0 Å². The fraction of sp³-hybridized carbons (Fsp3) is 0.286. The number of nitrogens with one attached hydrogen (secondary N) is 2. The van der Waals surface area contributed by atoms with Gasteiger partial charge in [-0.2, -0.15) is 5.10 Å². The molecule has 0 radical (unpaired) electrons. The van der Waals surface area contributed by atoms with Gasteiger partial charge in [0.2, 0.25) is 21.8 Å². The number of rotatable bonds is 8. The zero-order valence-corrected chi connectivity index (χ0v) is 17.5. The number of hydrogen-bond acceptors (Lipinski definition) is 5. The van der Waals surface area contributed by atoms with Gasteiger partial charge in [-0.05, 0) is 36.8 Å². The maximum atomic E-state index is 12.4. The number of anilines is 2. The molecular formula is C21H24N4O4S. The quantitative estimate of drug-likeness (QED) is 0.674. The van der Waals surface area contributed by atoms with E-state index in [1.54, 1.807) is 31.2 Å². The molecule has 158 valence electrons. The first-order chi connectivity index (χ1) is 14.4. The van der Waals surface area contributed by atoms with Gasteiger partial charge in [0.1, 0.15) is 0 Å². The molecule has 0 bridgehead atoms. The monoisotopic (exact) mass is 428 g/mol. The van der Waals surface area contributed by atoms with Crippen molar-refractivity contribution in [1.29, 1.82) is 0 Å². The van der Waals surface area contributed by atoms with E-state index in [4.69, 9.17) is 0 Å². The number of sulfonamides is 1. The lowest BCUT2D eigenvalue weighted by molar-refractivity contribution is -0.132. The van der Waals surface area contributed by atoms with Crippen LogP contribution in [0.15, 0.2) is 59.7 Å². The van der Waals surface area contributed by atoms with Crippen molar-refractivity contribution in [3.8, 4) is 0 Å². The molecule has 3 rings (SSSR count). The van der Waals surface area contributed by atoms with E-state index in [0.717, 1.165) is 11.3 Å². The molecule has 30 heavy (non-hydrogen) atoms. The third kappa shape index (κ3) is 5.90. The minimum Gasteiger partial charge on any atom is -0.326 e. The van der Waals surface area contributed by atoms with E-state index in [1.807, 2.05) is 30.3 Å². The molecule has 1 heterocycles. The molecule has 0 aromatic heterocycles. The maximum Gasteiger partial charge on any atom is 0.243 e. The van der Waals surface area contributed by atoms with Crippen LogP contribution in [0.3, 0.4) is 0 Å². The Morgan fingerprint density at radius 3 is 2.33 bits per heavy atom. The molecule has 1 aliphatic heterocycles. The molecular weight excluding hydrogens is 404 g/mol. The summed E-state index contributed by atoms with van der Waals surface area (Å²) >= 11 is 0. The van der Waals surface area contributed by atoms with Crippen LogP contribution in [0.25, 0.3) is 0 Å². The van der Waals surface area contributed by atoms with Gasteiger partial charge < -0.3 is 5.32 Å². The first-order valence-electron chi connectivity index (χ1n) is 9.70. The summed E-state index contributed by atoms with van der Waals surface area (Å²) in [4.78, 5) is 24.5. The Morgan fingerprint density at radius 1 is 1.00 bits per heavy atom. The highest BCUT2D eigenvalue weighted by atomic mass is 32.2. The Bertz CT molecular complexity index is 1030. The second kappa shape index (κ2) is 9.53. The molecule has 0 saturated heterocycles. The van der Waals surface area contributed by atoms with Crippen LogP contribution in [-0.2, 0) is 19.6 Å². The second-order valence-electron chi connectivity index (χ2n) is 6.81. The molecule has 2 aromatic carbocycles. The van der Waals surface area contributed by atoms with E-state index in [-0.39, 0.29) is 30.4 Å². The predicted molar refractivity (Wildman–Crippen MR) is 117 cm³/mol. The van der Waals surface area contributed by atoms with Crippen LogP contribution in [0.1, 0.15) is 31.7 Å². The smallest absolute Gasteiger partial charge is 0.243 e. The van der Waals surface area contributed by atoms with E-state index in [9.17, 15) is 18.0 Å². The Balaban J connectivity index is 1.48. The third-order valence-electron chi connectivity index (χ3n) is 4.58. The average molecular weight is 429 g/mol. The number of carbonyl (C=O) groups is 2.